The zero-order valence-electron chi connectivity index (χ0n) is 19.6. The number of methoxy groups -OCH3 is 1. The molecular weight excluding hydrogens is 452 g/mol. The van der Waals surface area contributed by atoms with E-state index in [0.29, 0.717) is 23.1 Å². The van der Waals surface area contributed by atoms with Crippen molar-refractivity contribution in [3.05, 3.63) is 77.1 Å². The van der Waals surface area contributed by atoms with Crippen LogP contribution in [0.15, 0.2) is 59.5 Å². The average Bonchev–Trinajstić information content (AvgIpc) is 3.08. The largest absolute Gasteiger partial charge is 0.496 e. The Morgan fingerprint density at radius 1 is 0.882 bits per heavy atom. The maximum Gasteiger partial charge on any atom is 0.261 e. The Morgan fingerprint density at radius 3 is 2.15 bits per heavy atom. The topological polar surface area (TPSA) is 111 Å². The van der Waals surface area contributed by atoms with Crippen LogP contribution in [0, 0.1) is 27.7 Å². The molecule has 0 saturated carbocycles. The van der Waals surface area contributed by atoms with Crippen molar-refractivity contribution < 1.29 is 13.2 Å². The van der Waals surface area contributed by atoms with Crippen molar-refractivity contribution >= 4 is 27.2 Å². The molecule has 0 aliphatic heterocycles. The van der Waals surface area contributed by atoms with Crippen molar-refractivity contribution in [1.82, 2.24) is 20.0 Å². The first-order valence-corrected chi connectivity index (χ1v) is 12.1. The molecule has 4 rings (SSSR count). The van der Waals surface area contributed by atoms with Gasteiger partial charge in [0.05, 0.1) is 17.7 Å². The smallest absolute Gasteiger partial charge is 0.261 e. The van der Waals surface area contributed by atoms with Gasteiger partial charge in [0.15, 0.2) is 11.6 Å². The lowest BCUT2D eigenvalue weighted by molar-refractivity contribution is 0.411. The molecule has 0 fully saturated rings. The summed E-state index contributed by atoms with van der Waals surface area (Å²) in [5.41, 5.74) is 5.04. The highest BCUT2D eigenvalue weighted by molar-refractivity contribution is 7.92. The molecule has 34 heavy (non-hydrogen) atoms. The summed E-state index contributed by atoms with van der Waals surface area (Å²) in [5, 5.41) is 16.2. The van der Waals surface area contributed by atoms with Crippen LogP contribution in [0.5, 0.6) is 5.75 Å². The van der Waals surface area contributed by atoms with Gasteiger partial charge in [0, 0.05) is 17.1 Å². The van der Waals surface area contributed by atoms with E-state index in [1.165, 1.54) is 6.07 Å². The van der Waals surface area contributed by atoms with Crippen molar-refractivity contribution in [2.75, 3.05) is 17.1 Å². The van der Waals surface area contributed by atoms with Crippen LogP contribution in [0.2, 0.25) is 0 Å². The van der Waals surface area contributed by atoms with Crippen molar-refractivity contribution in [3.8, 4) is 11.6 Å². The molecule has 0 radical (unpaired) electrons. The fourth-order valence-electron chi connectivity index (χ4n) is 3.45. The molecule has 0 aliphatic carbocycles. The lowest BCUT2D eigenvalue weighted by atomic mass is 10.2. The molecule has 4 aromatic rings. The highest BCUT2D eigenvalue weighted by Crippen LogP contribution is 2.24. The minimum atomic E-state index is -3.73. The van der Waals surface area contributed by atoms with E-state index in [1.807, 2.05) is 32.9 Å². The number of anilines is 3. The van der Waals surface area contributed by atoms with E-state index in [1.54, 1.807) is 55.1 Å². The number of aromatic nitrogens is 4. The quantitative estimate of drug-likeness (QED) is 0.404. The Labute approximate surface area is 198 Å². The summed E-state index contributed by atoms with van der Waals surface area (Å²) in [6.07, 6.45) is 0. The van der Waals surface area contributed by atoms with Crippen LogP contribution in [-0.2, 0) is 10.0 Å². The number of nitrogens with zero attached hydrogens (tertiary/aromatic N) is 4. The zero-order chi connectivity index (χ0) is 24.5. The standard InChI is InChI=1S/C24H26N6O3S/c1-15-14-21(10-11-22(15)33-5)34(31,32)29-20-8-6-19(7-9-20)25-23-12-13-24(27-26-23)30-18(4)16(2)17(3)28-30/h6-14,29H,1-5H3,(H,25,26). The van der Waals surface area contributed by atoms with Crippen LogP contribution in [0.25, 0.3) is 5.82 Å². The highest BCUT2D eigenvalue weighted by atomic mass is 32.2. The third kappa shape index (κ3) is 4.72. The Morgan fingerprint density at radius 2 is 1.59 bits per heavy atom. The second kappa shape index (κ2) is 9.14. The number of aryl methyl sites for hydroxylation is 2. The third-order valence-corrected chi connectivity index (χ3v) is 6.99. The van der Waals surface area contributed by atoms with Gasteiger partial charge < -0.3 is 10.1 Å². The van der Waals surface area contributed by atoms with Gasteiger partial charge in [-0.2, -0.15) is 5.10 Å². The molecule has 2 aromatic carbocycles. The molecule has 0 bridgehead atoms. The van der Waals surface area contributed by atoms with Crippen LogP contribution in [-0.4, -0.2) is 35.5 Å². The number of nitrogens with one attached hydrogen (secondary N) is 2. The Balaban J connectivity index is 1.44. The zero-order valence-corrected chi connectivity index (χ0v) is 20.4. The van der Waals surface area contributed by atoms with Crippen LogP contribution >= 0.6 is 0 Å². The van der Waals surface area contributed by atoms with Crippen LogP contribution in [0.1, 0.15) is 22.5 Å². The molecule has 9 nitrogen and oxygen atoms in total. The van der Waals surface area contributed by atoms with Gasteiger partial charge in [0.1, 0.15) is 5.75 Å². The molecular formula is C24H26N6O3S. The summed E-state index contributed by atoms with van der Waals surface area (Å²) in [6, 6.07) is 15.3. The molecule has 10 heteroatoms. The fraction of sp³-hybridized carbons (Fsp3) is 0.208. The Kier molecular flexibility index (Phi) is 6.25. The number of rotatable bonds is 7. The molecule has 176 valence electrons. The minimum Gasteiger partial charge on any atom is -0.496 e. The van der Waals surface area contributed by atoms with Crippen molar-refractivity contribution in [3.63, 3.8) is 0 Å². The van der Waals surface area contributed by atoms with Gasteiger partial charge >= 0.3 is 0 Å². The van der Waals surface area contributed by atoms with Crippen LogP contribution < -0.4 is 14.8 Å². The van der Waals surface area contributed by atoms with Gasteiger partial charge in [-0.3, -0.25) is 4.72 Å². The predicted molar refractivity (Wildman–Crippen MR) is 132 cm³/mol. The molecule has 2 heterocycles. The van der Waals surface area contributed by atoms with E-state index in [0.717, 1.165) is 28.2 Å². The maximum absolute atomic E-state index is 12.7. The van der Waals surface area contributed by atoms with E-state index >= 15 is 0 Å². The van der Waals surface area contributed by atoms with E-state index in [9.17, 15) is 8.42 Å². The Bertz CT molecular complexity index is 1430. The summed E-state index contributed by atoms with van der Waals surface area (Å²) >= 11 is 0. The number of benzene rings is 2. The molecule has 0 amide bonds. The summed E-state index contributed by atoms with van der Waals surface area (Å²) < 4.78 is 35.0. The average molecular weight is 479 g/mol. The third-order valence-electron chi connectivity index (χ3n) is 5.61. The summed E-state index contributed by atoms with van der Waals surface area (Å²) in [5.74, 6) is 1.83. The van der Waals surface area contributed by atoms with Gasteiger partial charge in [0.25, 0.3) is 10.0 Å². The summed E-state index contributed by atoms with van der Waals surface area (Å²) in [7, 11) is -2.18. The predicted octanol–water partition coefficient (Wildman–Crippen LogP) is 4.45. The van der Waals surface area contributed by atoms with E-state index in [2.05, 4.69) is 25.3 Å². The number of hydrogen-bond donors (Lipinski definition) is 2. The van der Waals surface area contributed by atoms with Crippen LogP contribution in [0.4, 0.5) is 17.2 Å². The number of ether oxygens (including phenoxy) is 1. The van der Waals surface area contributed by atoms with Crippen molar-refractivity contribution in [1.29, 1.82) is 0 Å². The molecule has 0 spiro atoms. The maximum atomic E-state index is 12.7. The Hall–Kier alpha value is -3.92. The van der Waals surface area contributed by atoms with Crippen molar-refractivity contribution in [2.45, 2.75) is 32.6 Å². The number of sulfonamides is 1. The monoisotopic (exact) mass is 478 g/mol. The van der Waals surface area contributed by atoms with E-state index in [-0.39, 0.29) is 4.90 Å². The van der Waals surface area contributed by atoms with Gasteiger partial charge in [-0.15, -0.1) is 10.2 Å². The SMILES string of the molecule is COc1ccc(S(=O)(=O)Nc2ccc(Nc3ccc(-n4nc(C)c(C)c4C)nn3)cc2)cc1C. The molecule has 2 N–H and O–H groups in total. The van der Waals surface area contributed by atoms with Gasteiger partial charge in [0.2, 0.25) is 0 Å². The molecule has 0 aliphatic rings. The molecule has 0 saturated heterocycles. The van der Waals surface area contributed by atoms with Gasteiger partial charge in [-0.1, -0.05) is 0 Å². The first kappa shape index (κ1) is 23.2. The molecule has 0 unspecified atom stereocenters. The fourth-order valence-corrected chi connectivity index (χ4v) is 4.59. The first-order chi connectivity index (χ1) is 16.2. The van der Waals surface area contributed by atoms with E-state index < -0.39 is 10.0 Å². The number of hydrogen-bond acceptors (Lipinski definition) is 7. The van der Waals surface area contributed by atoms with Crippen LogP contribution in [0.3, 0.4) is 0 Å². The van der Waals surface area contributed by atoms with Gasteiger partial charge in [-0.05, 0) is 93.4 Å². The lowest BCUT2D eigenvalue weighted by Crippen LogP contribution is -2.13. The second-order valence-electron chi connectivity index (χ2n) is 7.92. The van der Waals surface area contributed by atoms with Gasteiger partial charge in [-0.25, -0.2) is 13.1 Å². The minimum absolute atomic E-state index is 0.168. The molecule has 2 aromatic heterocycles. The normalized spacial score (nSPS) is 11.3. The summed E-state index contributed by atoms with van der Waals surface area (Å²) in [6.45, 7) is 7.78. The second-order valence-corrected chi connectivity index (χ2v) is 9.61. The highest BCUT2D eigenvalue weighted by Gasteiger charge is 2.16. The van der Waals surface area contributed by atoms with E-state index in [4.69, 9.17) is 4.74 Å². The summed E-state index contributed by atoms with van der Waals surface area (Å²) in [4.78, 5) is 0.168. The molecule has 0 atom stereocenters. The lowest BCUT2D eigenvalue weighted by Gasteiger charge is -2.11. The van der Waals surface area contributed by atoms with Crippen molar-refractivity contribution in [2.24, 2.45) is 0 Å². The first-order valence-electron chi connectivity index (χ1n) is 10.6.